The van der Waals surface area contributed by atoms with E-state index in [1.165, 1.54) is 5.56 Å². The first-order valence-corrected chi connectivity index (χ1v) is 11.4. The zero-order valence-electron chi connectivity index (χ0n) is 17.6. The summed E-state index contributed by atoms with van der Waals surface area (Å²) in [5, 5.41) is 3.01. The number of carbonyl (C=O) groups is 2. The Morgan fingerprint density at radius 2 is 1.55 bits per heavy atom. The van der Waals surface area contributed by atoms with Crippen LogP contribution in [0.3, 0.4) is 0 Å². The van der Waals surface area contributed by atoms with Crippen molar-refractivity contribution in [1.82, 2.24) is 10.2 Å². The van der Waals surface area contributed by atoms with Crippen molar-refractivity contribution in [2.75, 3.05) is 12.3 Å². The van der Waals surface area contributed by atoms with Gasteiger partial charge in [-0.3, -0.25) is 9.59 Å². The standard InChI is InChI=1S/C24H32N2O2S/c1-4-19(2)25-24(28)20(3)26(16-15-21-11-7-5-8-12-21)23(27)18-29-17-22-13-9-6-10-14-22/h5-14,19-20H,4,15-18H2,1-3H3,(H,25,28)/t19-,20-/m0/s1. The van der Waals surface area contributed by atoms with Crippen LogP contribution in [0, 0.1) is 0 Å². The van der Waals surface area contributed by atoms with Gasteiger partial charge >= 0.3 is 0 Å². The summed E-state index contributed by atoms with van der Waals surface area (Å²) in [4.78, 5) is 27.4. The summed E-state index contributed by atoms with van der Waals surface area (Å²) >= 11 is 1.59. The number of rotatable bonds is 11. The van der Waals surface area contributed by atoms with Gasteiger partial charge in [0.2, 0.25) is 11.8 Å². The maximum atomic E-state index is 13.0. The number of thioether (sulfide) groups is 1. The molecule has 4 nitrogen and oxygen atoms in total. The van der Waals surface area contributed by atoms with Crippen LogP contribution in [0.4, 0.5) is 0 Å². The highest BCUT2D eigenvalue weighted by Gasteiger charge is 2.26. The maximum Gasteiger partial charge on any atom is 0.242 e. The van der Waals surface area contributed by atoms with Crippen molar-refractivity contribution in [3.8, 4) is 0 Å². The van der Waals surface area contributed by atoms with Crippen molar-refractivity contribution in [3.63, 3.8) is 0 Å². The van der Waals surface area contributed by atoms with Gasteiger partial charge in [-0.15, -0.1) is 11.8 Å². The van der Waals surface area contributed by atoms with Gasteiger partial charge in [-0.05, 0) is 37.8 Å². The molecule has 0 aromatic heterocycles. The summed E-state index contributed by atoms with van der Waals surface area (Å²) in [5.74, 6) is 1.07. The number of hydrogen-bond acceptors (Lipinski definition) is 3. The van der Waals surface area contributed by atoms with Crippen molar-refractivity contribution in [1.29, 1.82) is 0 Å². The average molecular weight is 413 g/mol. The van der Waals surface area contributed by atoms with Crippen molar-refractivity contribution in [2.24, 2.45) is 0 Å². The first kappa shape index (κ1) is 23.0. The van der Waals surface area contributed by atoms with Crippen molar-refractivity contribution < 1.29 is 9.59 Å². The Labute approximate surface area is 179 Å². The minimum atomic E-state index is -0.488. The number of hydrogen-bond donors (Lipinski definition) is 1. The lowest BCUT2D eigenvalue weighted by Crippen LogP contribution is -2.51. The minimum Gasteiger partial charge on any atom is -0.352 e. The van der Waals surface area contributed by atoms with Gasteiger partial charge in [-0.1, -0.05) is 67.6 Å². The monoisotopic (exact) mass is 412 g/mol. The first-order valence-electron chi connectivity index (χ1n) is 10.3. The molecule has 0 aliphatic heterocycles. The Kier molecular flexibility index (Phi) is 9.78. The summed E-state index contributed by atoms with van der Waals surface area (Å²) in [6.07, 6.45) is 1.60. The molecule has 0 aliphatic carbocycles. The Balaban J connectivity index is 1.99. The SMILES string of the molecule is CC[C@H](C)NC(=O)[C@H](C)N(CCc1ccccc1)C(=O)CSCc1ccccc1. The predicted octanol–water partition coefficient (Wildman–Crippen LogP) is 4.29. The molecule has 0 bridgehead atoms. The molecule has 156 valence electrons. The van der Waals surface area contributed by atoms with E-state index < -0.39 is 6.04 Å². The largest absolute Gasteiger partial charge is 0.352 e. The fourth-order valence-corrected chi connectivity index (χ4v) is 3.82. The van der Waals surface area contributed by atoms with Gasteiger partial charge < -0.3 is 10.2 Å². The van der Waals surface area contributed by atoms with E-state index in [9.17, 15) is 9.59 Å². The normalized spacial score (nSPS) is 12.8. The second-order valence-corrected chi connectivity index (χ2v) is 8.28. The summed E-state index contributed by atoms with van der Waals surface area (Å²) in [6.45, 7) is 6.37. The van der Waals surface area contributed by atoms with E-state index >= 15 is 0 Å². The van der Waals surface area contributed by atoms with E-state index in [0.717, 1.165) is 24.2 Å². The summed E-state index contributed by atoms with van der Waals surface area (Å²) in [6, 6.07) is 19.8. The third-order valence-electron chi connectivity index (χ3n) is 4.99. The fraction of sp³-hybridized carbons (Fsp3) is 0.417. The fourth-order valence-electron chi connectivity index (χ4n) is 2.95. The van der Waals surface area contributed by atoms with Crippen LogP contribution in [0.2, 0.25) is 0 Å². The number of carbonyl (C=O) groups excluding carboxylic acids is 2. The highest BCUT2D eigenvalue weighted by Crippen LogP contribution is 2.14. The van der Waals surface area contributed by atoms with Crippen LogP contribution in [0.5, 0.6) is 0 Å². The number of nitrogens with zero attached hydrogens (tertiary/aromatic N) is 1. The van der Waals surface area contributed by atoms with Gasteiger partial charge in [0.05, 0.1) is 5.75 Å². The van der Waals surface area contributed by atoms with E-state index in [-0.39, 0.29) is 17.9 Å². The predicted molar refractivity (Wildman–Crippen MR) is 122 cm³/mol. The van der Waals surface area contributed by atoms with Crippen molar-refractivity contribution in [2.45, 2.75) is 51.4 Å². The number of benzene rings is 2. The molecule has 0 spiro atoms. The van der Waals surface area contributed by atoms with E-state index in [1.807, 2.05) is 57.2 Å². The van der Waals surface area contributed by atoms with Crippen LogP contribution >= 0.6 is 11.8 Å². The smallest absolute Gasteiger partial charge is 0.242 e. The Morgan fingerprint density at radius 1 is 0.966 bits per heavy atom. The topological polar surface area (TPSA) is 49.4 Å². The molecule has 0 unspecified atom stereocenters. The number of amides is 2. The summed E-state index contributed by atoms with van der Waals surface area (Å²) in [7, 11) is 0. The molecule has 0 heterocycles. The first-order chi connectivity index (χ1) is 14.0. The Hall–Kier alpha value is -2.27. The van der Waals surface area contributed by atoms with Gasteiger partial charge in [0.15, 0.2) is 0 Å². The van der Waals surface area contributed by atoms with Crippen molar-refractivity contribution >= 4 is 23.6 Å². The van der Waals surface area contributed by atoms with Crippen molar-refractivity contribution in [3.05, 3.63) is 71.8 Å². The second kappa shape index (κ2) is 12.3. The van der Waals surface area contributed by atoms with E-state index in [0.29, 0.717) is 12.3 Å². The van der Waals surface area contributed by atoms with Gasteiger partial charge in [-0.25, -0.2) is 0 Å². The molecule has 29 heavy (non-hydrogen) atoms. The van der Waals surface area contributed by atoms with E-state index in [4.69, 9.17) is 0 Å². The molecular weight excluding hydrogens is 380 g/mol. The van der Waals surface area contributed by atoms with Crippen LogP contribution in [0.15, 0.2) is 60.7 Å². The molecule has 2 amide bonds. The second-order valence-electron chi connectivity index (χ2n) is 7.29. The van der Waals surface area contributed by atoms with E-state index in [2.05, 4.69) is 29.6 Å². The van der Waals surface area contributed by atoms with Gasteiger partial charge in [0.1, 0.15) is 6.04 Å². The van der Waals surface area contributed by atoms with Crippen LogP contribution in [0.25, 0.3) is 0 Å². The highest BCUT2D eigenvalue weighted by atomic mass is 32.2. The molecule has 1 N–H and O–H groups in total. The lowest BCUT2D eigenvalue weighted by molar-refractivity contribution is -0.138. The van der Waals surface area contributed by atoms with Crippen LogP contribution in [-0.4, -0.2) is 41.1 Å². The molecule has 2 rings (SSSR count). The quantitative estimate of drug-likeness (QED) is 0.599. The summed E-state index contributed by atoms with van der Waals surface area (Å²) in [5.41, 5.74) is 2.36. The Morgan fingerprint density at radius 3 is 2.14 bits per heavy atom. The van der Waals surface area contributed by atoms with Crippen LogP contribution in [0.1, 0.15) is 38.3 Å². The third kappa shape index (κ3) is 7.94. The average Bonchev–Trinajstić information content (AvgIpc) is 2.75. The molecule has 5 heteroatoms. The lowest BCUT2D eigenvalue weighted by atomic mass is 10.1. The molecule has 0 aliphatic rings. The van der Waals surface area contributed by atoms with E-state index in [1.54, 1.807) is 16.7 Å². The molecule has 0 radical (unpaired) electrons. The van der Waals surface area contributed by atoms with Gasteiger partial charge in [0.25, 0.3) is 0 Å². The molecule has 0 saturated carbocycles. The molecule has 0 saturated heterocycles. The molecule has 0 fully saturated rings. The van der Waals surface area contributed by atoms with Crippen LogP contribution in [-0.2, 0) is 21.8 Å². The zero-order chi connectivity index (χ0) is 21.1. The summed E-state index contributed by atoms with van der Waals surface area (Å²) < 4.78 is 0. The molecule has 2 atom stereocenters. The molecule has 2 aromatic rings. The highest BCUT2D eigenvalue weighted by molar-refractivity contribution is 7.99. The lowest BCUT2D eigenvalue weighted by Gasteiger charge is -2.29. The minimum absolute atomic E-state index is 0.00802. The molecular formula is C24H32N2O2S. The molecule has 2 aromatic carbocycles. The number of nitrogens with one attached hydrogen (secondary N) is 1. The van der Waals surface area contributed by atoms with Crippen LogP contribution < -0.4 is 5.32 Å². The third-order valence-corrected chi connectivity index (χ3v) is 5.98. The van der Waals surface area contributed by atoms with Gasteiger partial charge in [-0.2, -0.15) is 0 Å². The maximum absolute atomic E-state index is 13.0. The van der Waals surface area contributed by atoms with Gasteiger partial charge in [0, 0.05) is 18.3 Å². The Bertz CT molecular complexity index is 752. The zero-order valence-corrected chi connectivity index (χ0v) is 18.5.